The van der Waals surface area contributed by atoms with E-state index in [4.69, 9.17) is 0 Å². The second-order valence-corrected chi connectivity index (χ2v) is 7.76. The van der Waals surface area contributed by atoms with Gasteiger partial charge in [-0.3, -0.25) is 9.69 Å². The molecule has 0 spiro atoms. The van der Waals surface area contributed by atoms with Crippen LogP contribution in [-0.4, -0.2) is 28.6 Å². The second-order valence-electron chi connectivity index (χ2n) is 7.76. The van der Waals surface area contributed by atoms with Crippen LogP contribution in [0.25, 0.3) is 0 Å². The first-order chi connectivity index (χ1) is 12.3. The first kappa shape index (κ1) is 20.4. The van der Waals surface area contributed by atoms with E-state index >= 15 is 0 Å². The summed E-state index contributed by atoms with van der Waals surface area (Å²) in [5.74, 6) is -0.460. The molecule has 0 radical (unpaired) electrons. The molecular formula is C23H33NO2. The number of carboxylic acid groups (broad SMARTS) is 1. The van der Waals surface area contributed by atoms with Gasteiger partial charge in [0.2, 0.25) is 0 Å². The topological polar surface area (TPSA) is 40.5 Å². The van der Waals surface area contributed by atoms with E-state index < -0.39 is 5.97 Å². The predicted molar refractivity (Wildman–Crippen MR) is 108 cm³/mol. The third-order valence-electron chi connectivity index (χ3n) is 5.59. The van der Waals surface area contributed by atoms with E-state index in [1.54, 1.807) is 0 Å². The Morgan fingerprint density at radius 3 is 2.50 bits per heavy atom. The summed E-state index contributed by atoms with van der Waals surface area (Å²) in [5.41, 5.74) is 4.68. The fourth-order valence-corrected chi connectivity index (χ4v) is 4.08. The highest BCUT2D eigenvalue weighted by molar-refractivity contribution is 5.67. The zero-order valence-corrected chi connectivity index (χ0v) is 16.5. The largest absolute Gasteiger partial charge is 0.481 e. The van der Waals surface area contributed by atoms with Crippen molar-refractivity contribution in [3.63, 3.8) is 0 Å². The number of hydrogen-bond donors (Lipinski definition) is 1. The lowest BCUT2D eigenvalue weighted by Gasteiger charge is -2.45. The average molecular weight is 356 g/mol. The van der Waals surface area contributed by atoms with Gasteiger partial charge in [-0.05, 0) is 56.7 Å². The maximum absolute atomic E-state index is 11.2. The van der Waals surface area contributed by atoms with Crippen LogP contribution in [0.1, 0.15) is 63.1 Å². The minimum atomic E-state index is -0.692. The van der Waals surface area contributed by atoms with Crippen molar-refractivity contribution in [2.45, 2.75) is 65.0 Å². The number of rotatable bonds is 8. The minimum Gasteiger partial charge on any atom is -0.481 e. The van der Waals surface area contributed by atoms with E-state index in [-0.39, 0.29) is 24.4 Å². The molecule has 0 unspecified atom stereocenters. The third kappa shape index (κ3) is 5.07. The molecule has 1 fully saturated rings. The zero-order valence-electron chi connectivity index (χ0n) is 16.5. The molecule has 0 saturated carbocycles. The van der Waals surface area contributed by atoms with Gasteiger partial charge in [0.1, 0.15) is 0 Å². The molecule has 0 bridgehead atoms. The van der Waals surface area contributed by atoms with Gasteiger partial charge < -0.3 is 5.11 Å². The number of carboxylic acids is 1. The van der Waals surface area contributed by atoms with Crippen molar-refractivity contribution >= 4 is 5.97 Å². The van der Waals surface area contributed by atoms with E-state index in [9.17, 15) is 9.90 Å². The molecule has 1 aromatic carbocycles. The van der Waals surface area contributed by atoms with E-state index in [1.165, 1.54) is 11.1 Å². The molecule has 26 heavy (non-hydrogen) atoms. The maximum atomic E-state index is 11.2. The van der Waals surface area contributed by atoms with Crippen molar-refractivity contribution in [1.82, 2.24) is 4.90 Å². The highest BCUT2D eigenvalue weighted by Gasteiger charge is 2.35. The number of aliphatic carboxylic acids is 1. The SMILES string of the molecule is C=C(C)C(=C)[C@H](CCC)N1CC[C@@H](CC(=O)O)C[C@H]1c1ccc(C)cc1. The van der Waals surface area contributed by atoms with E-state index in [0.717, 1.165) is 43.4 Å². The van der Waals surface area contributed by atoms with Gasteiger partial charge in [0.25, 0.3) is 0 Å². The molecule has 1 aliphatic heterocycles. The normalized spacial score (nSPS) is 22.0. The van der Waals surface area contributed by atoms with Gasteiger partial charge in [-0.2, -0.15) is 0 Å². The Hall–Kier alpha value is -1.87. The van der Waals surface area contributed by atoms with Crippen LogP contribution in [-0.2, 0) is 4.79 Å². The molecule has 1 aromatic rings. The van der Waals surface area contributed by atoms with Crippen molar-refractivity contribution in [3.8, 4) is 0 Å². The minimum absolute atomic E-state index is 0.232. The van der Waals surface area contributed by atoms with Crippen molar-refractivity contribution in [3.05, 3.63) is 59.7 Å². The van der Waals surface area contributed by atoms with Crippen LogP contribution in [0.2, 0.25) is 0 Å². The number of nitrogens with zero attached hydrogens (tertiary/aromatic N) is 1. The highest BCUT2D eigenvalue weighted by atomic mass is 16.4. The average Bonchev–Trinajstić information content (AvgIpc) is 2.59. The Kier molecular flexibility index (Phi) is 7.22. The molecule has 1 aliphatic rings. The molecule has 0 amide bonds. The summed E-state index contributed by atoms with van der Waals surface area (Å²) in [5, 5.41) is 9.24. The Labute approximate surface area is 158 Å². The summed E-state index contributed by atoms with van der Waals surface area (Å²) in [6, 6.07) is 9.20. The van der Waals surface area contributed by atoms with Crippen LogP contribution in [0.15, 0.2) is 48.6 Å². The molecule has 2 rings (SSSR count). The van der Waals surface area contributed by atoms with E-state index in [1.807, 2.05) is 6.92 Å². The molecular weight excluding hydrogens is 322 g/mol. The number of likely N-dealkylation sites (tertiary alicyclic amines) is 1. The van der Waals surface area contributed by atoms with Gasteiger partial charge in [-0.15, -0.1) is 0 Å². The lowest BCUT2D eigenvalue weighted by molar-refractivity contribution is -0.138. The molecule has 0 aromatic heterocycles. The summed E-state index contributed by atoms with van der Waals surface area (Å²) in [7, 11) is 0. The molecule has 1 heterocycles. The zero-order chi connectivity index (χ0) is 19.3. The molecule has 1 saturated heterocycles. The fraction of sp³-hybridized carbons (Fsp3) is 0.522. The monoisotopic (exact) mass is 355 g/mol. The fourth-order valence-electron chi connectivity index (χ4n) is 4.08. The van der Waals surface area contributed by atoms with Gasteiger partial charge in [0, 0.05) is 18.5 Å². The summed E-state index contributed by atoms with van der Waals surface area (Å²) in [6.45, 7) is 15.7. The number of benzene rings is 1. The maximum Gasteiger partial charge on any atom is 0.303 e. The summed E-state index contributed by atoms with van der Waals surface area (Å²) < 4.78 is 0. The first-order valence-corrected chi connectivity index (χ1v) is 9.72. The molecule has 142 valence electrons. The van der Waals surface area contributed by atoms with Gasteiger partial charge >= 0.3 is 5.97 Å². The Balaban J connectivity index is 2.34. The first-order valence-electron chi connectivity index (χ1n) is 9.72. The van der Waals surface area contributed by atoms with E-state index in [2.05, 4.69) is 56.2 Å². The Bertz CT molecular complexity index is 647. The lowest BCUT2D eigenvalue weighted by atomic mass is 9.82. The van der Waals surface area contributed by atoms with Crippen LogP contribution in [0.3, 0.4) is 0 Å². The molecule has 3 atom stereocenters. The second kappa shape index (κ2) is 9.18. The Morgan fingerprint density at radius 1 is 1.31 bits per heavy atom. The summed E-state index contributed by atoms with van der Waals surface area (Å²) >= 11 is 0. The van der Waals surface area contributed by atoms with Gasteiger partial charge in [0.05, 0.1) is 0 Å². The number of piperidine rings is 1. The number of hydrogen-bond acceptors (Lipinski definition) is 2. The van der Waals surface area contributed by atoms with Crippen molar-refractivity contribution in [2.75, 3.05) is 6.54 Å². The van der Waals surface area contributed by atoms with Crippen molar-refractivity contribution in [1.29, 1.82) is 0 Å². The van der Waals surface area contributed by atoms with Gasteiger partial charge in [-0.1, -0.05) is 61.9 Å². The van der Waals surface area contributed by atoms with Crippen LogP contribution >= 0.6 is 0 Å². The third-order valence-corrected chi connectivity index (χ3v) is 5.59. The molecule has 3 heteroatoms. The Morgan fingerprint density at radius 2 is 1.96 bits per heavy atom. The quantitative estimate of drug-likeness (QED) is 0.624. The van der Waals surface area contributed by atoms with Crippen LogP contribution in [0.5, 0.6) is 0 Å². The number of carbonyl (C=O) groups is 1. The lowest BCUT2D eigenvalue weighted by Crippen LogP contribution is -2.45. The smallest absolute Gasteiger partial charge is 0.303 e. The van der Waals surface area contributed by atoms with Gasteiger partial charge in [-0.25, -0.2) is 0 Å². The summed E-state index contributed by atoms with van der Waals surface area (Å²) in [6.07, 6.45) is 4.22. The van der Waals surface area contributed by atoms with Crippen LogP contribution < -0.4 is 0 Å². The van der Waals surface area contributed by atoms with Crippen molar-refractivity contribution < 1.29 is 9.90 Å². The van der Waals surface area contributed by atoms with Crippen LogP contribution in [0.4, 0.5) is 0 Å². The number of aryl methyl sites for hydroxylation is 1. The molecule has 1 N–H and O–H groups in total. The molecule has 0 aliphatic carbocycles. The predicted octanol–water partition coefficient (Wildman–Crippen LogP) is 5.52. The summed E-state index contributed by atoms with van der Waals surface area (Å²) in [4.78, 5) is 13.8. The van der Waals surface area contributed by atoms with Crippen molar-refractivity contribution in [2.24, 2.45) is 5.92 Å². The highest BCUT2D eigenvalue weighted by Crippen LogP contribution is 2.39. The standard InChI is InChI=1S/C23H33NO2/c1-6-7-21(18(5)16(2)3)24-13-12-19(15-23(25)26)14-22(24)20-10-8-17(4)9-11-20/h8-11,19,21-22H,2,5-7,12-15H2,1,3-4H3,(H,25,26)/t19-,21+,22+/m1/s1. The van der Waals surface area contributed by atoms with E-state index in [0.29, 0.717) is 0 Å². The van der Waals surface area contributed by atoms with Gasteiger partial charge in [0.15, 0.2) is 0 Å². The van der Waals surface area contributed by atoms with Crippen LogP contribution in [0, 0.1) is 12.8 Å². The molecule has 3 nitrogen and oxygen atoms in total.